The molecule has 1 N–H and O–H groups in total. The third-order valence-corrected chi connectivity index (χ3v) is 8.24. The van der Waals surface area contributed by atoms with Gasteiger partial charge in [0.15, 0.2) is 0 Å². The van der Waals surface area contributed by atoms with Gasteiger partial charge in [-0.3, -0.25) is 4.79 Å². The van der Waals surface area contributed by atoms with Gasteiger partial charge in [-0.25, -0.2) is 17.5 Å². The van der Waals surface area contributed by atoms with Gasteiger partial charge in [-0.15, -0.1) is 0 Å². The first-order valence-electron chi connectivity index (χ1n) is 10.7. The van der Waals surface area contributed by atoms with E-state index in [2.05, 4.69) is 10.4 Å². The van der Waals surface area contributed by atoms with Crippen LogP contribution >= 0.6 is 11.6 Å². The van der Waals surface area contributed by atoms with Crippen LogP contribution in [0.2, 0.25) is 5.02 Å². The Hall–Kier alpha value is -2.01. The molecular formula is C21H26ClFN4O4S. The molecule has 32 heavy (non-hydrogen) atoms. The van der Waals surface area contributed by atoms with E-state index in [1.807, 2.05) is 0 Å². The van der Waals surface area contributed by atoms with Crippen molar-refractivity contribution in [2.75, 3.05) is 38.2 Å². The number of anilines is 1. The first-order valence-corrected chi connectivity index (χ1v) is 12.5. The molecule has 4 rings (SSSR count). The van der Waals surface area contributed by atoms with E-state index in [4.69, 9.17) is 16.3 Å². The van der Waals surface area contributed by atoms with E-state index in [0.29, 0.717) is 37.6 Å². The Kier molecular flexibility index (Phi) is 7.14. The third kappa shape index (κ3) is 4.98. The van der Waals surface area contributed by atoms with Gasteiger partial charge in [0.25, 0.3) is 5.56 Å². The molecule has 11 heteroatoms. The Balaban J connectivity index is 1.41. The Morgan fingerprint density at radius 3 is 2.72 bits per heavy atom. The van der Waals surface area contributed by atoms with Crippen LogP contribution in [0.3, 0.4) is 0 Å². The van der Waals surface area contributed by atoms with E-state index in [1.165, 1.54) is 27.2 Å². The van der Waals surface area contributed by atoms with E-state index < -0.39 is 21.4 Å². The number of hydrogen-bond donors (Lipinski definition) is 1. The van der Waals surface area contributed by atoms with Crippen molar-refractivity contribution in [1.82, 2.24) is 14.1 Å². The summed E-state index contributed by atoms with van der Waals surface area (Å²) in [5.74, 6) is -0.234. The molecule has 0 radical (unpaired) electrons. The number of rotatable bonds is 6. The molecule has 8 nitrogen and oxygen atoms in total. The molecular weight excluding hydrogens is 459 g/mol. The van der Waals surface area contributed by atoms with E-state index >= 15 is 0 Å². The lowest BCUT2D eigenvalue weighted by atomic mass is 10.0. The molecule has 2 fully saturated rings. The maximum Gasteiger partial charge on any atom is 0.287 e. The van der Waals surface area contributed by atoms with Gasteiger partial charge in [0.1, 0.15) is 10.8 Å². The van der Waals surface area contributed by atoms with Gasteiger partial charge < -0.3 is 10.1 Å². The highest BCUT2D eigenvalue weighted by Gasteiger charge is 2.31. The highest BCUT2D eigenvalue weighted by atomic mass is 35.5. The van der Waals surface area contributed by atoms with Crippen LogP contribution in [0.5, 0.6) is 0 Å². The lowest BCUT2D eigenvalue weighted by Gasteiger charge is -2.31. The second-order valence-electron chi connectivity index (χ2n) is 8.18. The molecule has 0 bridgehead atoms. The van der Waals surface area contributed by atoms with Crippen molar-refractivity contribution < 1.29 is 17.5 Å². The molecule has 0 saturated carbocycles. The van der Waals surface area contributed by atoms with Gasteiger partial charge in [-0.1, -0.05) is 17.7 Å². The second-order valence-corrected chi connectivity index (χ2v) is 10.5. The number of halogens is 2. The third-order valence-electron chi connectivity index (χ3n) is 5.98. The largest absolute Gasteiger partial charge is 0.382 e. The zero-order valence-corrected chi connectivity index (χ0v) is 19.1. The molecule has 3 heterocycles. The molecule has 2 saturated heterocycles. The van der Waals surface area contributed by atoms with E-state index in [-0.39, 0.29) is 29.0 Å². The number of benzene rings is 1. The SMILES string of the molecule is O=c1c(Cl)c(NC[C@H]2CCCOC2)cnn1C1CCN(S(=O)(=O)c2cccc(F)c2)CC1. The van der Waals surface area contributed by atoms with Crippen molar-refractivity contribution in [1.29, 1.82) is 0 Å². The van der Waals surface area contributed by atoms with E-state index in [1.54, 1.807) is 6.20 Å². The first kappa shape index (κ1) is 23.2. The monoisotopic (exact) mass is 484 g/mol. The van der Waals surface area contributed by atoms with Crippen LogP contribution < -0.4 is 10.9 Å². The van der Waals surface area contributed by atoms with Crippen molar-refractivity contribution in [3.63, 3.8) is 0 Å². The number of sulfonamides is 1. The summed E-state index contributed by atoms with van der Waals surface area (Å²) in [6.45, 7) is 2.54. The minimum absolute atomic E-state index is 0.0755. The number of nitrogens with one attached hydrogen (secondary N) is 1. The summed E-state index contributed by atoms with van der Waals surface area (Å²) < 4.78 is 47.2. The summed E-state index contributed by atoms with van der Waals surface area (Å²) in [5.41, 5.74) is 0.0904. The van der Waals surface area contributed by atoms with Crippen molar-refractivity contribution in [2.45, 2.75) is 36.6 Å². The average Bonchev–Trinajstić information content (AvgIpc) is 2.81. The van der Waals surface area contributed by atoms with Crippen molar-refractivity contribution >= 4 is 27.3 Å². The molecule has 2 aliphatic heterocycles. The minimum atomic E-state index is -3.79. The molecule has 174 valence electrons. The van der Waals surface area contributed by atoms with Crippen molar-refractivity contribution in [3.05, 3.63) is 51.7 Å². The predicted octanol–water partition coefficient (Wildman–Crippen LogP) is 2.90. The quantitative estimate of drug-likeness (QED) is 0.677. The Morgan fingerprint density at radius 2 is 2.03 bits per heavy atom. The van der Waals surface area contributed by atoms with Crippen molar-refractivity contribution in [2.24, 2.45) is 5.92 Å². The average molecular weight is 485 g/mol. The molecule has 1 atom stereocenters. The Labute approximate surface area is 191 Å². The number of aromatic nitrogens is 2. The molecule has 0 spiro atoms. The first-order chi connectivity index (χ1) is 15.4. The molecule has 0 amide bonds. The highest BCUT2D eigenvalue weighted by molar-refractivity contribution is 7.89. The molecule has 1 aromatic heterocycles. The van der Waals surface area contributed by atoms with Crippen LogP contribution in [0, 0.1) is 11.7 Å². The lowest BCUT2D eigenvalue weighted by Crippen LogP contribution is -2.41. The molecule has 1 aromatic carbocycles. The standard InChI is InChI=1S/C21H26ClFN4O4S/c22-20-19(24-12-15-3-2-10-31-14-15)13-25-27(21(20)28)17-6-8-26(9-7-17)32(29,30)18-5-1-4-16(23)11-18/h1,4-5,11,13,15,17,24H,2-3,6-10,12,14H2/t15-/m1/s1. The maximum absolute atomic E-state index is 13.5. The van der Waals surface area contributed by atoms with Crippen molar-refractivity contribution in [3.8, 4) is 0 Å². The molecule has 0 unspecified atom stereocenters. The van der Waals surface area contributed by atoms with Crippen LogP contribution in [-0.4, -0.2) is 55.4 Å². The second kappa shape index (κ2) is 9.86. The normalized spacial score (nSPS) is 20.9. The zero-order chi connectivity index (χ0) is 22.7. The van der Waals surface area contributed by atoms with Crippen LogP contribution in [0.4, 0.5) is 10.1 Å². The Morgan fingerprint density at radius 1 is 1.25 bits per heavy atom. The summed E-state index contributed by atoms with van der Waals surface area (Å²) in [6, 6.07) is 4.70. The minimum Gasteiger partial charge on any atom is -0.382 e. The van der Waals surface area contributed by atoms with E-state index in [0.717, 1.165) is 25.5 Å². The smallest absolute Gasteiger partial charge is 0.287 e. The fourth-order valence-corrected chi connectivity index (χ4v) is 5.86. The molecule has 2 aliphatic rings. The predicted molar refractivity (Wildman–Crippen MR) is 119 cm³/mol. The fourth-order valence-electron chi connectivity index (χ4n) is 4.15. The van der Waals surface area contributed by atoms with Crippen LogP contribution in [0.15, 0.2) is 40.2 Å². The van der Waals surface area contributed by atoms with Crippen LogP contribution in [0.25, 0.3) is 0 Å². The lowest BCUT2D eigenvalue weighted by molar-refractivity contribution is 0.0595. The summed E-state index contributed by atoms with van der Waals surface area (Å²) >= 11 is 6.32. The summed E-state index contributed by atoms with van der Waals surface area (Å²) in [4.78, 5) is 12.7. The molecule has 0 aliphatic carbocycles. The highest BCUT2D eigenvalue weighted by Crippen LogP contribution is 2.27. The Bertz CT molecular complexity index is 1110. The van der Waals surface area contributed by atoms with Gasteiger partial charge in [0, 0.05) is 26.2 Å². The van der Waals surface area contributed by atoms with E-state index in [9.17, 15) is 17.6 Å². The number of ether oxygens (including phenoxy) is 1. The summed E-state index contributed by atoms with van der Waals surface area (Å²) in [6.07, 6.45) is 4.44. The zero-order valence-electron chi connectivity index (χ0n) is 17.5. The van der Waals surface area contributed by atoms with Gasteiger partial charge >= 0.3 is 0 Å². The van der Waals surface area contributed by atoms with Crippen LogP contribution in [0.1, 0.15) is 31.7 Å². The van der Waals surface area contributed by atoms with Gasteiger partial charge in [0.2, 0.25) is 10.0 Å². The summed E-state index contributed by atoms with van der Waals surface area (Å²) in [5, 5.41) is 7.56. The summed E-state index contributed by atoms with van der Waals surface area (Å²) in [7, 11) is -3.79. The maximum atomic E-state index is 13.5. The number of piperidine rings is 1. The number of hydrogen-bond acceptors (Lipinski definition) is 6. The topological polar surface area (TPSA) is 93.5 Å². The van der Waals surface area contributed by atoms with Gasteiger partial charge in [-0.05, 0) is 49.8 Å². The molecule has 2 aromatic rings. The van der Waals surface area contributed by atoms with Gasteiger partial charge in [0.05, 0.1) is 29.4 Å². The number of nitrogens with zero attached hydrogens (tertiary/aromatic N) is 3. The van der Waals surface area contributed by atoms with Gasteiger partial charge in [-0.2, -0.15) is 9.40 Å². The van der Waals surface area contributed by atoms with Crippen LogP contribution in [-0.2, 0) is 14.8 Å². The fraction of sp³-hybridized carbons (Fsp3) is 0.524.